The third-order valence-corrected chi connectivity index (χ3v) is 7.02. The number of nitro benzene ring substituents is 2. The molecule has 2 aromatic rings. The van der Waals surface area contributed by atoms with Gasteiger partial charge in [-0.25, -0.2) is 9.18 Å². The van der Waals surface area contributed by atoms with Crippen molar-refractivity contribution in [3.05, 3.63) is 74.1 Å². The predicted octanol–water partition coefficient (Wildman–Crippen LogP) is 3.86. The van der Waals surface area contributed by atoms with E-state index >= 15 is 0 Å². The van der Waals surface area contributed by atoms with Crippen molar-refractivity contribution in [1.82, 2.24) is 0 Å². The molecular formula is C37H54FN3O16. The molecule has 0 spiro atoms. The molecule has 320 valence electrons. The Kier molecular flexibility index (Phi) is 28.0. The monoisotopic (exact) mass is 815 g/mol. The highest BCUT2D eigenvalue weighted by atomic mass is 19.1. The lowest BCUT2D eigenvalue weighted by Gasteiger charge is -2.09. The molecule has 0 aliphatic carbocycles. The summed E-state index contributed by atoms with van der Waals surface area (Å²) in [7, 11) is 0. The average Bonchev–Trinajstić information content (AvgIpc) is 3.19. The topological polar surface area (TPSA) is 217 Å². The van der Waals surface area contributed by atoms with E-state index in [1.54, 1.807) is 13.0 Å². The molecule has 1 N–H and O–H groups in total. The maximum atomic E-state index is 13.8. The van der Waals surface area contributed by atoms with Crippen molar-refractivity contribution in [2.45, 2.75) is 6.92 Å². The summed E-state index contributed by atoms with van der Waals surface area (Å²) in [5, 5.41) is 24.8. The molecule has 0 heterocycles. The molecule has 20 heteroatoms. The van der Waals surface area contributed by atoms with Crippen LogP contribution in [-0.4, -0.2) is 154 Å². The first-order valence-corrected chi connectivity index (χ1v) is 18.4. The fourth-order valence-electron chi connectivity index (χ4n) is 4.39. The Balaban J connectivity index is 1.25. The van der Waals surface area contributed by atoms with Crippen molar-refractivity contribution >= 4 is 29.1 Å². The van der Waals surface area contributed by atoms with Crippen molar-refractivity contribution in [3.63, 3.8) is 0 Å². The minimum Gasteiger partial charge on any atom is -0.491 e. The number of ether oxygens (including phenoxy) is 11. The van der Waals surface area contributed by atoms with Gasteiger partial charge in [-0.1, -0.05) is 0 Å². The summed E-state index contributed by atoms with van der Waals surface area (Å²) in [6.45, 7) is 9.53. The van der Waals surface area contributed by atoms with Gasteiger partial charge in [-0.15, -0.1) is 0 Å². The first-order valence-electron chi connectivity index (χ1n) is 18.4. The quantitative estimate of drug-likeness (QED) is 0.0337. The van der Waals surface area contributed by atoms with Crippen LogP contribution in [0.5, 0.6) is 5.75 Å². The van der Waals surface area contributed by atoms with Crippen LogP contribution in [0, 0.1) is 26.0 Å². The van der Waals surface area contributed by atoms with E-state index in [1.165, 1.54) is 36.4 Å². The van der Waals surface area contributed by atoms with Crippen LogP contribution >= 0.6 is 0 Å². The number of hydrogen-bond donors (Lipinski definition) is 1. The second-order valence-corrected chi connectivity index (χ2v) is 11.3. The van der Waals surface area contributed by atoms with Gasteiger partial charge in [-0.05, 0) is 36.8 Å². The van der Waals surface area contributed by atoms with Crippen LogP contribution in [0.25, 0.3) is 6.08 Å². The Morgan fingerprint density at radius 1 is 0.632 bits per heavy atom. The number of nitrogens with one attached hydrogen (secondary N) is 1. The number of benzene rings is 2. The third-order valence-electron chi connectivity index (χ3n) is 7.02. The zero-order valence-electron chi connectivity index (χ0n) is 32.3. The summed E-state index contributed by atoms with van der Waals surface area (Å²) in [6.07, 6.45) is 2.69. The van der Waals surface area contributed by atoms with E-state index in [0.717, 1.165) is 6.07 Å². The molecule has 19 nitrogen and oxygen atoms in total. The van der Waals surface area contributed by atoms with Crippen LogP contribution in [0.4, 0.5) is 21.5 Å². The number of halogens is 1. The highest BCUT2D eigenvalue weighted by Crippen LogP contribution is 2.28. The zero-order valence-corrected chi connectivity index (χ0v) is 32.3. The molecule has 2 rings (SSSR count). The van der Waals surface area contributed by atoms with E-state index in [0.29, 0.717) is 124 Å². The normalized spacial score (nSPS) is 11.3. The lowest BCUT2D eigenvalue weighted by atomic mass is 10.2. The van der Waals surface area contributed by atoms with Crippen molar-refractivity contribution in [2.75, 3.05) is 144 Å². The Morgan fingerprint density at radius 2 is 1.09 bits per heavy atom. The summed E-state index contributed by atoms with van der Waals surface area (Å²) in [4.78, 5) is 32.0. The minimum atomic E-state index is -0.687. The molecule has 0 aliphatic rings. The summed E-state index contributed by atoms with van der Waals surface area (Å²) in [5.41, 5.74) is -0.0744. The molecule has 57 heavy (non-hydrogen) atoms. The smallest absolute Gasteiger partial charge is 0.330 e. The predicted molar refractivity (Wildman–Crippen MR) is 203 cm³/mol. The van der Waals surface area contributed by atoms with Gasteiger partial charge >= 0.3 is 5.97 Å². The fraction of sp³-hybridized carbons (Fsp3) is 0.595. The number of nitro groups is 2. The van der Waals surface area contributed by atoms with E-state index in [-0.39, 0.29) is 43.4 Å². The van der Waals surface area contributed by atoms with Crippen LogP contribution in [-0.2, 0) is 52.2 Å². The summed E-state index contributed by atoms with van der Waals surface area (Å²) in [5.74, 6) is -0.659. The lowest BCUT2D eigenvalue weighted by molar-refractivity contribution is -0.393. The number of anilines is 1. The van der Waals surface area contributed by atoms with Gasteiger partial charge in [-0.2, -0.15) is 0 Å². The van der Waals surface area contributed by atoms with Gasteiger partial charge in [0.1, 0.15) is 23.9 Å². The van der Waals surface area contributed by atoms with E-state index in [1.807, 2.05) is 0 Å². The second kappa shape index (κ2) is 32.7. The molecule has 0 aliphatic heterocycles. The molecule has 0 bridgehead atoms. The maximum absolute atomic E-state index is 13.8. The summed E-state index contributed by atoms with van der Waals surface area (Å²) in [6, 6.07) is 7.56. The van der Waals surface area contributed by atoms with Crippen molar-refractivity contribution in [3.8, 4) is 5.75 Å². The highest BCUT2D eigenvalue weighted by Gasteiger charge is 2.19. The number of esters is 1. The number of hydrogen-bond acceptors (Lipinski definition) is 17. The maximum Gasteiger partial charge on any atom is 0.330 e. The van der Waals surface area contributed by atoms with Gasteiger partial charge in [0.05, 0.1) is 141 Å². The molecule has 0 aromatic heterocycles. The van der Waals surface area contributed by atoms with Crippen molar-refractivity contribution in [2.24, 2.45) is 0 Å². The van der Waals surface area contributed by atoms with E-state index < -0.39 is 21.6 Å². The van der Waals surface area contributed by atoms with Gasteiger partial charge in [0.25, 0.3) is 11.4 Å². The fourth-order valence-corrected chi connectivity index (χ4v) is 4.39. The number of non-ortho nitro benzene ring substituents is 1. The van der Waals surface area contributed by atoms with Crippen LogP contribution in [0.2, 0.25) is 0 Å². The minimum absolute atomic E-state index is 0.176. The molecule has 0 fully saturated rings. The third kappa shape index (κ3) is 25.5. The molecule has 0 atom stereocenters. The Bertz CT molecular complexity index is 1440. The number of nitrogens with zero attached hydrogens (tertiary/aromatic N) is 2. The number of carbonyl (C=O) groups is 1. The Labute approximate surface area is 330 Å². The first kappa shape index (κ1) is 48.8. The van der Waals surface area contributed by atoms with Crippen LogP contribution in [0.1, 0.15) is 12.5 Å². The standard InChI is InChI=1S/C37H54FN3O16/c1-2-56-37(42)6-3-31-27-32(38)29-34(28-31)57-26-25-55-24-23-54-22-21-53-20-19-52-18-17-51-16-15-50-14-13-49-12-11-48-10-9-47-8-7-39-35-5-4-33(40(43)44)30-36(35)41(45)46/h3-6,27-30,39H,2,7-26H2,1H3/b6-3+. The van der Waals surface area contributed by atoms with Crippen molar-refractivity contribution in [1.29, 1.82) is 0 Å². The highest BCUT2D eigenvalue weighted by molar-refractivity contribution is 5.87. The largest absolute Gasteiger partial charge is 0.491 e. The molecule has 0 unspecified atom stereocenters. The average molecular weight is 816 g/mol. The van der Waals surface area contributed by atoms with Gasteiger partial charge < -0.3 is 57.4 Å². The Hall–Kier alpha value is -4.38. The van der Waals surface area contributed by atoms with Gasteiger partial charge in [0.15, 0.2) is 0 Å². The van der Waals surface area contributed by atoms with Crippen LogP contribution < -0.4 is 10.1 Å². The van der Waals surface area contributed by atoms with E-state index in [2.05, 4.69) is 5.32 Å². The molecule has 2 aromatic carbocycles. The number of rotatable bonds is 37. The first-order chi connectivity index (χ1) is 27.8. The molecular weight excluding hydrogens is 761 g/mol. The van der Waals surface area contributed by atoms with E-state index in [9.17, 15) is 29.4 Å². The zero-order chi connectivity index (χ0) is 41.2. The summed E-state index contributed by atoms with van der Waals surface area (Å²) >= 11 is 0. The van der Waals surface area contributed by atoms with Crippen LogP contribution in [0.15, 0.2) is 42.5 Å². The summed E-state index contributed by atoms with van der Waals surface area (Å²) < 4.78 is 73.2. The molecule has 0 saturated heterocycles. The van der Waals surface area contributed by atoms with Crippen molar-refractivity contribution < 1.29 is 71.1 Å². The second-order valence-electron chi connectivity index (χ2n) is 11.3. The molecule has 0 saturated carbocycles. The molecule has 0 amide bonds. The van der Waals surface area contributed by atoms with Gasteiger partial charge in [0, 0.05) is 24.8 Å². The van der Waals surface area contributed by atoms with Gasteiger partial charge in [0.2, 0.25) is 0 Å². The number of carbonyl (C=O) groups excluding carboxylic acids is 1. The van der Waals surface area contributed by atoms with Gasteiger partial charge in [-0.3, -0.25) is 20.2 Å². The van der Waals surface area contributed by atoms with Crippen LogP contribution in [0.3, 0.4) is 0 Å². The molecule has 0 radical (unpaired) electrons. The lowest BCUT2D eigenvalue weighted by Crippen LogP contribution is -2.16. The SMILES string of the molecule is CCOC(=O)/C=C/c1cc(F)cc(OCCOCCOCCOCCOCCOCCOCCOCCOCCOCCNc2ccc([N+](=O)[O-])cc2[N+](=O)[O-])c1. The van der Waals surface area contributed by atoms with E-state index in [4.69, 9.17) is 52.1 Å². The Morgan fingerprint density at radius 3 is 1.53 bits per heavy atom.